The van der Waals surface area contributed by atoms with Crippen molar-refractivity contribution in [2.24, 2.45) is 0 Å². The van der Waals surface area contributed by atoms with Gasteiger partial charge in [-0.2, -0.15) is 5.10 Å². The SMILES string of the molecule is CC(C)(C)n1nc(C2CCOC2)c2c1CCN(C(=O)O)C2. The molecule has 1 fully saturated rings. The molecule has 6 nitrogen and oxygen atoms in total. The van der Waals surface area contributed by atoms with Gasteiger partial charge in [0.15, 0.2) is 0 Å². The minimum absolute atomic E-state index is 0.0901. The lowest BCUT2D eigenvalue weighted by molar-refractivity contribution is 0.138. The van der Waals surface area contributed by atoms with E-state index < -0.39 is 6.09 Å². The van der Waals surface area contributed by atoms with Crippen LogP contribution in [0.2, 0.25) is 0 Å². The summed E-state index contributed by atoms with van der Waals surface area (Å²) in [6, 6.07) is 0. The zero-order chi connectivity index (χ0) is 15.2. The Hall–Kier alpha value is -1.56. The first-order valence-electron chi connectivity index (χ1n) is 7.54. The molecule has 0 radical (unpaired) electrons. The van der Waals surface area contributed by atoms with Gasteiger partial charge in [-0.05, 0) is 27.2 Å². The molecule has 2 aliphatic heterocycles. The summed E-state index contributed by atoms with van der Waals surface area (Å²) in [5.41, 5.74) is 3.26. The van der Waals surface area contributed by atoms with E-state index in [4.69, 9.17) is 9.84 Å². The maximum absolute atomic E-state index is 11.3. The maximum atomic E-state index is 11.3. The molecule has 6 heteroatoms. The highest BCUT2D eigenvalue weighted by Crippen LogP contribution is 2.34. The van der Waals surface area contributed by atoms with E-state index >= 15 is 0 Å². The van der Waals surface area contributed by atoms with Crippen molar-refractivity contribution in [3.05, 3.63) is 17.0 Å². The van der Waals surface area contributed by atoms with Gasteiger partial charge in [-0.1, -0.05) is 0 Å². The molecular formula is C15H23N3O3. The monoisotopic (exact) mass is 293 g/mol. The van der Waals surface area contributed by atoms with Crippen LogP contribution in [0.15, 0.2) is 0 Å². The van der Waals surface area contributed by atoms with Gasteiger partial charge in [0.1, 0.15) is 0 Å². The molecule has 1 aromatic heterocycles. The molecule has 1 unspecified atom stereocenters. The van der Waals surface area contributed by atoms with Gasteiger partial charge in [-0.15, -0.1) is 0 Å². The van der Waals surface area contributed by atoms with Crippen LogP contribution in [-0.4, -0.2) is 45.6 Å². The predicted octanol–water partition coefficient (Wildman–Crippen LogP) is 2.18. The third-order valence-electron chi connectivity index (χ3n) is 4.31. The largest absolute Gasteiger partial charge is 0.465 e. The molecule has 0 aromatic carbocycles. The Bertz CT molecular complexity index is 553. The Kier molecular flexibility index (Phi) is 3.43. The van der Waals surface area contributed by atoms with Crippen molar-refractivity contribution in [2.75, 3.05) is 19.8 Å². The fraction of sp³-hybridized carbons (Fsp3) is 0.733. The number of aromatic nitrogens is 2. The second-order valence-corrected chi connectivity index (χ2v) is 6.91. The molecule has 21 heavy (non-hydrogen) atoms. The summed E-state index contributed by atoms with van der Waals surface area (Å²) >= 11 is 0. The van der Waals surface area contributed by atoms with E-state index in [9.17, 15) is 9.90 Å². The third-order valence-corrected chi connectivity index (χ3v) is 4.31. The lowest BCUT2D eigenvalue weighted by atomic mass is 9.96. The number of hydrogen-bond donors (Lipinski definition) is 1. The first-order valence-corrected chi connectivity index (χ1v) is 7.54. The molecule has 1 amide bonds. The lowest BCUT2D eigenvalue weighted by Crippen LogP contribution is -2.36. The first-order chi connectivity index (χ1) is 9.88. The summed E-state index contributed by atoms with van der Waals surface area (Å²) in [5, 5.41) is 14.1. The van der Waals surface area contributed by atoms with Crippen LogP contribution in [0.1, 0.15) is 50.1 Å². The minimum Gasteiger partial charge on any atom is -0.465 e. The van der Waals surface area contributed by atoms with Crippen molar-refractivity contribution >= 4 is 6.09 Å². The van der Waals surface area contributed by atoms with Crippen LogP contribution in [0.5, 0.6) is 0 Å². The minimum atomic E-state index is -0.849. The smallest absolute Gasteiger partial charge is 0.407 e. The summed E-state index contributed by atoms with van der Waals surface area (Å²) < 4.78 is 7.58. The van der Waals surface area contributed by atoms with Gasteiger partial charge >= 0.3 is 6.09 Å². The van der Waals surface area contributed by atoms with E-state index in [-0.39, 0.29) is 5.54 Å². The molecule has 1 N–H and O–H groups in total. The highest BCUT2D eigenvalue weighted by atomic mass is 16.5. The third kappa shape index (κ3) is 2.52. The Balaban J connectivity index is 2.04. The quantitative estimate of drug-likeness (QED) is 0.861. The fourth-order valence-corrected chi connectivity index (χ4v) is 3.24. The predicted molar refractivity (Wildman–Crippen MR) is 77.5 cm³/mol. The molecule has 2 aliphatic rings. The molecule has 1 aromatic rings. The molecule has 116 valence electrons. The lowest BCUT2D eigenvalue weighted by Gasteiger charge is -2.28. The van der Waals surface area contributed by atoms with Crippen molar-refractivity contribution in [3.8, 4) is 0 Å². The molecular weight excluding hydrogens is 270 g/mol. The second kappa shape index (κ2) is 5.02. The number of amides is 1. The van der Waals surface area contributed by atoms with Crippen molar-refractivity contribution < 1.29 is 14.6 Å². The molecule has 1 atom stereocenters. The first kappa shape index (κ1) is 14.4. The van der Waals surface area contributed by atoms with Gasteiger partial charge in [0.05, 0.1) is 24.4 Å². The van der Waals surface area contributed by atoms with E-state index in [1.54, 1.807) is 0 Å². The highest BCUT2D eigenvalue weighted by Gasteiger charge is 2.34. The molecule has 3 rings (SSSR count). The zero-order valence-corrected chi connectivity index (χ0v) is 12.9. The van der Waals surface area contributed by atoms with Gasteiger partial charge in [-0.3, -0.25) is 4.68 Å². The number of rotatable bonds is 1. The van der Waals surface area contributed by atoms with E-state index in [1.165, 1.54) is 10.6 Å². The summed E-state index contributed by atoms with van der Waals surface area (Å²) in [4.78, 5) is 12.8. The molecule has 3 heterocycles. The van der Waals surface area contributed by atoms with Crippen molar-refractivity contribution in [1.82, 2.24) is 14.7 Å². The Labute approximate surface area is 124 Å². The van der Waals surface area contributed by atoms with Crippen molar-refractivity contribution in [1.29, 1.82) is 0 Å². The summed E-state index contributed by atoms with van der Waals surface area (Å²) in [5.74, 6) is 0.302. The summed E-state index contributed by atoms with van der Waals surface area (Å²) in [6.07, 6.45) is 0.859. The number of fused-ring (bicyclic) bond motifs is 1. The van der Waals surface area contributed by atoms with E-state index in [1.807, 2.05) is 0 Å². The number of carbonyl (C=O) groups is 1. The normalized spacial score (nSPS) is 22.4. The maximum Gasteiger partial charge on any atom is 0.407 e. The number of nitrogens with zero attached hydrogens (tertiary/aromatic N) is 3. The van der Waals surface area contributed by atoms with E-state index in [0.717, 1.165) is 30.7 Å². The van der Waals surface area contributed by atoms with Gasteiger partial charge in [0.25, 0.3) is 0 Å². The zero-order valence-electron chi connectivity index (χ0n) is 12.9. The standard InChI is InChI=1S/C15H23N3O3/c1-15(2,3)18-12-4-6-17(14(19)20)8-11(12)13(16-18)10-5-7-21-9-10/h10H,4-9H2,1-3H3,(H,19,20). The van der Waals surface area contributed by atoms with Crippen LogP contribution in [0, 0.1) is 0 Å². The number of carboxylic acid groups (broad SMARTS) is 1. The summed E-state index contributed by atoms with van der Waals surface area (Å²) in [6.45, 7) is 8.87. The van der Waals surface area contributed by atoms with Crippen LogP contribution in [0.4, 0.5) is 4.79 Å². The van der Waals surface area contributed by atoms with Gasteiger partial charge in [0, 0.05) is 36.7 Å². The van der Waals surface area contributed by atoms with Gasteiger partial charge < -0.3 is 14.7 Å². The Morgan fingerprint density at radius 3 is 2.76 bits per heavy atom. The molecule has 0 spiro atoms. The Morgan fingerprint density at radius 1 is 1.43 bits per heavy atom. The van der Waals surface area contributed by atoms with Gasteiger partial charge in [-0.25, -0.2) is 4.79 Å². The average molecular weight is 293 g/mol. The summed E-state index contributed by atoms with van der Waals surface area (Å²) in [7, 11) is 0. The highest BCUT2D eigenvalue weighted by molar-refractivity contribution is 5.65. The van der Waals surface area contributed by atoms with Crippen molar-refractivity contribution in [2.45, 2.75) is 51.6 Å². The molecule has 0 bridgehead atoms. The van der Waals surface area contributed by atoms with Crippen LogP contribution >= 0.6 is 0 Å². The molecule has 0 saturated carbocycles. The van der Waals surface area contributed by atoms with Crippen LogP contribution in [0.3, 0.4) is 0 Å². The molecule has 1 saturated heterocycles. The van der Waals surface area contributed by atoms with Crippen molar-refractivity contribution in [3.63, 3.8) is 0 Å². The van der Waals surface area contributed by atoms with Crippen LogP contribution in [0.25, 0.3) is 0 Å². The number of hydrogen-bond acceptors (Lipinski definition) is 3. The van der Waals surface area contributed by atoms with Crippen LogP contribution in [-0.2, 0) is 23.2 Å². The topological polar surface area (TPSA) is 67.6 Å². The molecule has 0 aliphatic carbocycles. The second-order valence-electron chi connectivity index (χ2n) is 6.91. The fourth-order valence-electron chi connectivity index (χ4n) is 3.24. The van der Waals surface area contributed by atoms with E-state index in [2.05, 4.69) is 25.5 Å². The number of ether oxygens (including phenoxy) is 1. The average Bonchev–Trinajstić information content (AvgIpc) is 3.03. The van der Waals surface area contributed by atoms with E-state index in [0.29, 0.717) is 25.6 Å². The Morgan fingerprint density at radius 2 is 2.19 bits per heavy atom. The van der Waals surface area contributed by atoms with Crippen LogP contribution < -0.4 is 0 Å². The van der Waals surface area contributed by atoms with Gasteiger partial charge in [0.2, 0.25) is 0 Å².